The summed E-state index contributed by atoms with van der Waals surface area (Å²) in [6.07, 6.45) is -1.74. The summed E-state index contributed by atoms with van der Waals surface area (Å²) in [6, 6.07) is 7.49. The zero-order chi connectivity index (χ0) is 14.5. The average Bonchev–Trinajstić information content (AvgIpc) is 2.73. The number of benzene rings is 1. The highest BCUT2D eigenvalue weighted by Crippen LogP contribution is 2.47. The van der Waals surface area contributed by atoms with E-state index in [1.54, 1.807) is 21.0 Å². The Morgan fingerprint density at radius 3 is 2.65 bits per heavy atom. The summed E-state index contributed by atoms with van der Waals surface area (Å²) in [7, 11) is 1.55. The second-order valence-electron chi connectivity index (χ2n) is 5.52. The number of fused-ring (bicyclic) bond motifs is 2. The van der Waals surface area contributed by atoms with Crippen LogP contribution in [-0.2, 0) is 0 Å². The van der Waals surface area contributed by atoms with Gasteiger partial charge in [0.1, 0.15) is 11.9 Å². The van der Waals surface area contributed by atoms with Gasteiger partial charge in [-0.1, -0.05) is 12.1 Å². The van der Waals surface area contributed by atoms with Crippen molar-refractivity contribution in [2.45, 2.75) is 31.7 Å². The van der Waals surface area contributed by atoms with Crippen molar-refractivity contribution in [1.82, 2.24) is 4.98 Å². The number of ether oxygens (including phenoxy) is 2. The van der Waals surface area contributed by atoms with Gasteiger partial charge in [0.15, 0.2) is 6.10 Å². The molecule has 0 saturated heterocycles. The van der Waals surface area contributed by atoms with E-state index in [-0.39, 0.29) is 0 Å². The van der Waals surface area contributed by atoms with Gasteiger partial charge in [-0.3, -0.25) is 0 Å². The molecule has 5 nitrogen and oxygen atoms in total. The standard InChI is InChI=1S/C15H17NO4/c1-15(2,18)13-11(17)10-12(19-3)8-6-4-5-7-9(8)16-14(10)20-13/h4-7,11,13,17-18H,1-3H3/t11-,13-/m1/s1. The van der Waals surface area contributed by atoms with Gasteiger partial charge in [-0.25, -0.2) is 4.98 Å². The molecular formula is C15H17NO4. The number of pyridine rings is 1. The number of rotatable bonds is 2. The molecule has 5 heteroatoms. The second-order valence-corrected chi connectivity index (χ2v) is 5.52. The fourth-order valence-electron chi connectivity index (χ4n) is 2.61. The molecule has 0 aliphatic carbocycles. The highest BCUT2D eigenvalue weighted by molar-refractivity contribution is 5.88. The number of hydrogen-bond donors (Lipinski definition) is 2. The average molecular weight is 275 g/mol. The van der Waals surface area contributed by atoms with Crippen molar-refractivity contribution in [3.63, 3.8) is 0 Å². The van der Waals surface area contributed by atoms with Gasteiger partial charge >= 0.3 is 0 Å². The van der Waals surface area contributed by atoms with Crippen LogP contribution in [0.1, 0.15) is 25.5 Å². The molecule has 0 fully saturated rings. The summed E-state index contributed by atoms with van der Waals surface area (Å²) in [5.41, 5.74) is 0.0436. The molecular weight excluding hydrogens is 258 g/mol. The number of aliphatic hydroxyl groups is 2. The van der Waals surface area contributed by atoms with Crippen molar-refractivity contribution >= 4 is 10.9 Å². The molecule has 0 amide bonds. The third kappa shape index (κ3) is 1.82. The monoisotopic (exact) mass is 275 g/mol. The number of methoxy groups -OCH3 is 1. The van der Waals surface area contributed by atoms with Crippen molar-refractivity contribution in [2.24, 2.45) is 0 Å². The lowest BCUT2D eigenvalue weighted by Crippen LogP contribution is -2.41. The topological polar surface area (TPSA) is 71.8 Å². The molecule has 2 aromatic rings. The third-order valence-electron chi connectivity index (χ3n) is 3.57. The fraction of sp³-hybridized carbons (Fsp3) is 0.400. The van der Waals surface area contributed by atoms with Crippen LogP contribution in [0.3, 0.4) is 0 Å². The Kier molecular flexibility index (Phi) is 2.84. The molecule has 106 valence electrons. The van der Waals surface area contributed by atoms with Crippen molar-refractivity contribution in [1.29, 1.82) is 0 Å². The quantitative estimate of drug-likeness (QED) is 0.874. The molecule has 0 radical (unpaired) electrons. The van der Waals surface area contributed by atoms with Crippen molar-refractivity contribution in [2.75, 3.05) is 7.11 Å². The van der Waals surface area contributed by atoms with Crippen LogP contribution < -0.4 is 9.47 Å². The Morgan fingerprint density at radius 2 is 2.00 bits per heavy atom. The summed E-state index contributed by atoms with van der Waals surface area (Å²) in [6.45, 7) is 3.19. The molecule has 2 heterocycles. The normalized spacial score (nSPS) is 21.6. The first-order valence-corrected chi connectivity index (χ1v) is 6.47. The number of nitrogens with zero attached hydrogens (tertiary/aromatic N) is 1. The SMILES string of the molecule is COc1c2c(nc3ccccc13)O[C@@H](C(C)(C)O)[C@@H]2O. The van der Waals surface area contributed by atoms with Crippen LogP contribution in [0.25, 0.3) is 10.9 Å². The van der Waals surface area contributed by atoms with Gasteiger partial charge in [0.05, 0.1) is 23.8 Å². The maximum Gasteiger partial charge on any atom is 0.224 e. The first-order valence-electron chi connectivity index (χ1n) is 6.47. The summed E-state index contributed by atoms with van der Waals surface area (Å²) >= 11 is 0. The van der Waals surface area contributed by atoms with Gasteiger partial charge in [-0.2, -0.15) is 0 Å². The summed E-state index contributed by atoms with van der Waals surface area (Å²) in [5, 5.41) is 21.4. The number of hydrogen-bond acceptors (Lipinski definition) is 5. The van der Waals surface area contributed by atoms with Gasteiger partial charge in [-0.15, -0.1) is 0 Å². The molecule has 0 unspecified atom stereocenters. The van der Waals surface area contributed by atoms with Gasteiger partial charge < -0.3 is 19.7 Å². The van der Waals surface area contributed by atoms with E-state index in [1.165, 1.54) is 0 Å². The van der Waals surface area contributed by atoms with Gasteiger partial charge in [0, 0.05) is 5.39 Å². The minimum absolute atomic E-state index is 0.320. The third-order valence-corrected chi connectivity index (χ3v) is 3.57. The van der Waals surface area contributed by atoms with Gasteiger partial charge in [-0.05, 0) is 26.0 Å². The van der Waals surface area contributed by atoms with Crippen LogP contribution in [-0.4, -0.2) is 34.0 Å². The lowest BCUT2D eigenvalue weighted by Gasteiger charge is -2.26. The smallest absolute Gasteiger partial charge is 0.224 e. The molecule has 1 aromatic heterocycles. The van der Waals surface area contributed by atoms with Crippen LogP contribution in [0.5, 0.6) is 11.6 Å². The number of aromatic nitrogens is 1. The van der Waals surface area contributed by atoms with E-state index < -0.39 is 17.8 Å². The molecule has 3 rings (SSSR count). The van der Waals surface area contributed by atoms with Gasteiger partial charge in [0.25, 0.3) is 0 Å². The Labute approximate surface area is 116 Å². The maximum absolute atomic E-state index is 10.4. The Hall–Kier alpha value is -1.85. The van der Waals surface area contributed by atoms with Crippen LogP contribution in [0.4, 0.5) is 0 Å². The van der Waals surface area contributed by atoms with E-state index in [2.05, 4.69) is 4.98 Å². The van der Waals surface area contributed by atoms with Crippen molar-refractivity contribution in [3.8, 4) is 11.6 Å². The molecule has 1 aliphatic rings. The summed E-state index contributed by atoms with van der Waals surface area (Å²) in [4.78, 5) is 4.41. The van der Waals surface area contributed by atoms with Crippen LogP contribution >= 0.6 is 0 Å². The minimum atomic E-state index is -1.18. The summed E-state index contributed by atoms with van der Waals surface area (Å²) in [5.74, 6) is 0.866. The second kappa shape index (κ2) is 4.33. The van der Waals surface area contributed by atoms with Crippen LogP contribution in [0, 0.1) is 0 Å². The van der Waals surface area contributed by atoms with Crippen LogP contribution in [0.15, 0.2) is 24.3 Å². The van der Waals surface area contributed by atoms with Gasteiger partial charge in [0.2, 0.25) is 5.88 Å². The predicted octanol–water partition coefficient (Wildman–Crippen LogP) is 1.81. The molecule has 1 aliphatic heterocycles. The largest absolute Gasteiger partial charge is 0.495 e. The highest BCUT2D eigenvalue weighted by Gasteiger charge is 2.45. The lowest BCUT2D eigenvalue weighted by atomic mass is 9.94. The molecule has 20 heavy (non-hydrogen) atoms. The van der Waals surface area contributed by atoms with E-state index in [9.17, 15) is 10.2 Å². The number of para-hydroxylation sites is 1. The first-order chi connectivity index (χ1) is 9.43. The number of aliphatic hydroxyl groups excluding tert-OH is 1. The molecule has 2 N–H and O–H groups in total. The van der Waals surface area contributed by atoms with Crippen molar-refractivity contribution < 1.29 is 19.7 Å². The minimum Gasteiger partial charge on any atom is -0.495 e. The predicted molar refractivity (Wildman–Crippen MR) is 74.0 cm³/mol. The Bertz CT molecular complexity index is 663. The zero-order valence-electron chi connectivity index (χ0n) is 11.6. The Balaban J connectivity index is 2.23. The van der Waals surface area contributed by atoms with Crippen molar-refractivity contribution in [3.05, 3.63) is 29.8 Å². The molecule has 0 bridgehead atoms. The molecule has 0 saturated carbocycles. The molecule has 1 aromatic carbocycles. The lowest BCUT2D eigenvalue weighted by molar-refractivity contribution is -0.0773. The van der Waals surface area contributed by atoms with E-state index in [0.717, 1.165) is 10.9 Å². The first kappa shape index (κ1) is 13.1. The highest BCUT2D eigenvalue weighted by atomic mass is 16.5. The molecule has 0 spiro atoms. The van der Waals surface area contributed by atoms with E-state index >= 15 is 0 Å². The van der Waals surface area contributed by atoms with E-state index in [1.807, 2.05) is 24.3 Å². The van der Waals surface area contributed by atoms with E-state index in [4.69, 9.17) is 9.47 Å². The fourth-order valence-corrected chi connectivity index (χ4v) is 2.61. The summed E-state index contributed by atoms with van der Waals surface area (Å²) < 4.78 is 11.1. The molecule has 2 atom stereocenters. The maximum atomic E-state index is 10.4. The van der Waals surface area contributed by atoms with Crippen LogP contribution in [0.2, 0.25) is 0 Å². The van der Waals surface area contributed by atoms with E-state index in [0.29, 0.717) is 17.2 Å². The zero-order valence-corrected chi connectivity index (χ0v) is 11.6. The Morgan fingerprint density at radius 1 is 1.30 bits per heavy atom.